The van der Waals surface area contributed by atoms with Gasteiger partial charge in [-0.1, -0.05) is 20.8 Å². The van der Waals surface area contributed by atoms with Crippen LogP contribution in [0.5, 0.6) is 5.75 Å². The Bertz CT molecular complexity index is 842. The Morgan fingerprint density at radius 1 is 1.36 bits per heavy atom. The maximum absolute atomic E-state index is 13.2. The van der Waals surface area contributed by atoms with Gasteiger partial charge in [-0.05, 0) is 36.3 Å². The van der Waals surface area contributed by atoms with Gasteiger partial charge in [-0.15, -0.1) is 0 Å². The summed E-state index contributed by atoms with van der Waals surface area (Å²) in [5, 5.41) is 2.72. The molecule has 0 radical (unpaired) electrons. The molecule has 8 nitrogen and oxygen atoms in total. The summed E-state index contributed by atoms with van der Waals surface area (Å²) in [7, 11) is 0. The second kappa shape index (κ2) is 10.8. The summed E-state index contributed by atoms with van der Waals surface area (Å²) in [6.45, 7) is 5.31. The van der Waals surface area contributed by atoms with E-state index >= 15 is 0 Å². The molecule has 184 valence electrons. The average molecular weight is 469 g/mol. The molecule has 2 aliphatic rings. The molecule has 0 aromatic heterocycles. The topological polar surface area (TPSA) is 97.1 Å². The van der Waals surface area contributed by atoms with Crippen LogP contribution < -0.4 is 20.7 Å². The number of carbonyl (C=O) groups excluding carboxylic acids is 2. The third-order valence-corrected chi connectivity index (χ3v) is 5.57. The number of ether oxygens (including phenoxy) is 2. The van der Waals surface area contributed by atoms with Crippen molar-refractivity contribution >= 4 is 23.2 Å². The van der Waals surface area contributed by atoms with Crippen LogP contribution in [0.2, 0.25) is 0 Å². The van der Waals surface area contributed by atoms with Crippen molar-refractivity contribution in [2.45, 2.75) is 46.3 Å². The molecule has 0 unspecified atom stereocenters. The first-order valence-electron chi connectivity index (χ1n) is 11.3. The Morgan fingerprint density at radius 2 is 2.09 bits per heavy atom. The molecule has 3 N–H and O–H groups in total. The fraction of sp³-hybridized carbons (Fsp3) is 0.652. The fourth-order valence-electron chi connectivity index (χ4n) is 3.95. The van der Waals surface area contributed by atoms with E-state index in [1.165, 1.54) is 17.0 Å². The van der Waals surface area contributed by atoms with Crippen LogP contribution in [0.1, 0.15) is 33.6 Å². The number of nitrogens with zero attached hydrogens (tertiary/aromatic N) is 2. The predicted molar refractivity (Wildman–Crippen MR) is 121 cm³/mol. The summed E-state index contributed by atoms with van der Waals surface area (Å²) >= 11 is 0. The lowest BCUT2D eigenvalue weighted by molar-refractivity contribution is -0.125. The van der Waals surface area contributed by atoms with Crippen molar-refractivity contribution in [2.24, 2.45) is 17.1 Å². The molecule has 3 rings (SSSR count). The number of benzene rings is 1. The lowest BCUT2D eigenvalue weighted by atomic mass is 9.94. The van der Waals surface area contributed by atoms with Crippen molar-refractivity contribution in [1.82, 2.24) is 4.90 Å². The van der Waals surface area contributed by atoms with Crippen LogP contribution in [0.15, 0.2) is 18.2 Å². The Hall–Kier alpha value is -2.30. The van der Waals surface area contributed by atoms with E-state index in [9.17, 15) is 18.4 Å². The SMILES string of the molecule is CC(C)(C)CN(CC1CC1)[C@H](CN)C(=O)Nc1ccc(N2CCOCC2=O)cc1OC(F)F. The smallest absolute Gasteiger partial charge is 0.387 e. The molecule has 2 fully saturated rings. The minimum Gasteiger partial charge on any atom is -0.433 e. The Balaban J connectivity index is 1.81. The normalized spacial score (nSPS) is 18.1. The number of nitrogens with one attached hydrogen (secondary N) is 1. The van der Waals surface area contributed by atoms with E-state index in [1.54, 1.807) is 6.07 Å². The van der Waals surface area contributed by atoms with Crippen molar-refractivity contribution in [3.63, 3.8) is 0 Å². The second-order valence-corrected chi connectivity index (χ2v) is 9.83. The van der Waals surface area contributed by atoms with Gasteiger partial charge >= 0.3 is 6.61 Å². The standard InChI is InChI=1S/C23H34F2N4O4/c1-23(2,3)14-28(12-15-4-5-15)18(11-26)21(31)27-17-7-6-16(10-19(17)33-22(24)25)29-8-9-32-13-20(29)30/h6-7,10,15,18,22H,4-5,8-9,11-14,26H2,1-3H3,(H,27,31)/t18-/m1/s1. The summed E-state index contributed by atoms with van der Waals surface area (Å²) in [6.07, 6.45) is 2.27. The molecule has 1 saturated heterocycles. The number of carbonyl (C=O) groups is 2. The number of halogens is 2. The van der Waals surface area contributed by atoms with E-state index in [4.69, 9.17) is 10.5 Å². The largest absolute Gasteiger partial charge is 0.433 e. The van der Waals surface area contributed by atoms with Gasteiger partial charge in [-0.25, -0.2) is 0 Å². The highest BCUT2D eigenvalue weighted by atomic mass is 19.3. The van der Waals surface area contributed by atoms with Crippen LogP contribution in [0.25, 0.3) is 0 Å². The van der Waals surface area contributed by atoms with Crippen molar-refractivity contribution in [1.29, 1.82) is 0 Å². The summed E-state index contributed by atoms with van der Waals surface area (Å²) in [6, 6.07) is 3.78. The second-order valence-electron chi connectivity index (χ2n) is 9.83. The zero-order chi connectivity index (χ0) is 24.2. The molecular weight excluding hydrogens is 434 g/mol. The lowest BCUT2D eigenvalue weighted by Gasteiger charge is -2.35. The third kappa shape index (κ3) is 7.35. The molecule has 33 heavy (non-hydrogen) atoms. The lowest BCUT2D eigenvalue weighted by Crippen LogP contribution is -2.51. The third-order valence-electron chi connectivity index (χ3n) is 5.57. The van der Waals surface area contributed by atoms with Gasteiger partial charge in [0.1, 0.15) is 12.6 Å². The van der Waals surface area contributed by atoms with Gasteiger partial charge < -0.3 is 25.4 Å². The highest BCUT2D eigenvalue weighted by Gasteiger charge is 2.33. The van der Waals surface area contributed by atoms with Crippen LogP contribution in [0, 0.1) is 11.3 Å². The first-order chi connectivity index (χ1) is 15.6. The van der Waals surface area contributed by atoms with Crippen molar-refractivity contribution in [3.05, 3.63) is 18.2 Å². The Labute approximate surface area is 193 Å². The first kappa shape index (κ1) is 25.3. The van der Waals surface area contributed by atoms with Gasteiger partial charge in [-0.3, -0.25) is 14.5 Å². The van der Waals surface area contributed by atoms with E-state index in [1.807, 2.05) is 0 Å². The van der Waals surface area contributed by atoms with Gasteiger partial charge in [0, 0.05) is 37.9 Å². The maximum Gasteiger partial charge on any atom is 0.387 e. The number of nitrogens with two attached hydrogens (primary N) is 1. The van der Waals surface area contributed by atoms with Crippen molar-refractivity contribution in [2.75, 3.05) is 49.6 Å². The predicted octanol–water partition coefficient (Wildman–Crippen LogP) is 2.68. The molecule has 1 aromatic carbocycles. The Kier molecular flexibility index (Phi) is 8.25. The number of hydrogen-bond donors (Lipinski definition) is 2. The van der Waals surface area contributed by atoms with Crippen molar-refractivity contribution in [3.8, 4) is 5.75 Å². The fourth-order valence-corrected chi connectivity index (χ4v) is 3.95. The van der Waals surface area contributed by atoms with Crippen molar-refractivity contribution < 1.29 is 27.8 Å². The Morgan fingerprint density at radius 3 is 2.67 bits per heavy atom. The number of hydrogen-bond acceptors (Lipinski definition) is 6. The first-order valence-corrected chi connectivity index (χ1v) is 11.3. The van der Waals surface area contributed by atoms with Crippen LogP contribution in [0.3, 0.4) is 0 Å². The number of morpholine rings is 1. The number of alkyl halides is 2. The molecule has 10 heteroatoms. The summed E-state index contributed by atoms with van der Waals surface area (Å²) in [5.74, 6) is -0.313. The molecule has 0 bridgehead atoms. The maximum atomic E-state index is 13.2. The minimum atomic E-state index is -3.09. The number of amides is 2. The molecule has 1 aliphatic carbocycles. The highest BCUT2D eigenvalue weighted by Crippen LogP contribution is 2.34. The van der Waals surface area contributed by atoms with E-state index in [0.717, 1.165) is 19.4 Å². The molecule has 0 spiro atoms. The quantitative estimate of drug-likeness (QED) is 0.548. The van der Waals surface area contributed by atoms with Gasteiger partial charge in [0.15, 0.2) is 5.75 Å². The van der Waals surface area contributed by atoms with Gasteiger partial charge in [0.05, 0.1) is 12.3 Å². The zero-order valence-electron chi connectivity index (χ0n) is 19.5. The number of rotatable bonds is 10. The van der Waals surface area contributed by atoms with E-state index in [0.29, 0.717) is 31.3 Å². The molecule has 1 saturated carbocycles. The summed E-state index contributed by atoms with van der Waals surface area (Å²) < 4.78 is 36.0. The van der Waals surface area contributed by atoms with Crippen LogP contribution >= 0.6 is 0 Å². The molecular formula is C23H34F2N4O4. The van der Waals surface area contributed by atoms with Crippen LogP contribution in [-0.4, -0.2) is 68.8 Å². The number of anilines is 2. The molecule has 1 heterocycles. The zero-order valence-corrected chi connectivity index (χ0v) is 19.5. The molecule has 1 aliphatic heterocycles. The van der Waals surface area contributed by atoms with E-state index < -0.39 is 12.7 Å². The van der Waals surface area contributed by atoms with Gasteiger partial charge in [-0.2, -0.15) is 8.78 Å². The van der Waals surface area contributed by atoms with Gasteiger partial charge in [0.2, 0.25) is 5.91 Å². The molecule has 1 aromatic rings. The van der Waals surface area contributed by atoms with Crippen LogP contribution in [-0.2, 0) is 14.3 Å². The minimum absolute atomic E-state index is 0.0428. The summed E-state index contributed by atoms with van der Waals surface area (Å²) in [5.41, 5.74) is 6.45. The molecule has 2 amide bonds. The van der Waals surface area contributed by atoms with Gasteiger partial charge in [0.25, 0.3) is 5.91 Å². The van der Waals surface area contributed by atoms with Crippen LogP contribution in [0.4, 0.5) is 20.2 Å². The monoisotopic (exact) mass is 468 g/mol. The summed E-state index contributed by atoms with van der Waals surface area (Å²) in [4.78, 5) is 28.8. The van der Waals surface area contributed by atoms with E-state index in [-0.39, 0.29) is 41.8 Å². The highest BCUT2D eigenvalue weighted by molar-refractivity contribution is 5.98. The average Bonchev–Trinajstić information content (AvgIpc) is 3.52. The van der Waals surface area contributed by atoms with E-state index in [2.05, 4.69) is 35.7 Å². The molecule has 1 atom stereocenters.